The van der Waals surface area contributed by atoms with Crippen molar-refractivity contribution in [1.29, 1.82) is 0 Å². The van der Waals surface area contributed by atoms with Gasteiger partial charge in [0.1, 0.15) is 0 Å². The summed E-state index contributed by atoms with van der Waals surface area (Å²) in [6, 6.07) is 12.8. The van der Waals surface area contributed by atoms with Gasteiger partial charge in [0.2, 0.25) is 0 Å². The highest BCUT2D eigenvalue weighted by Gasteiger charge is 2.28. The molecule has 3 heterocycles. The third kappa shape index (κ3) is 2.39. The van der Waals surface area contributed by atoms with Crippen molar-refractivity contribution in [3.63, 3.8) is 0 Å². The summed E-state index contributed by atoms with van der Waals surface area (Å²) in [5.74, 6) is 1.91. The van der Waals surface area contributed by atoms with Crippen LogP contribution >= 0.6 is 11.8 Å². The van der Waals surface area contributed by atoms with E-state index in [9.17, 15) is 0 Å². The zero-order valence-electron chi connectivity index (χ0n) is 13.4. The van der Waals surface area contributed by atoms with Crippen LogP contribution in [0, 0.1) is 20.8 Å². The van der Waals surface area contributed by atoms with Crippen molar-refractivity contribution >= 4 is 29.1 Å². The zero-order chi connectivity index (χ0) is 16.0. The van der Waals surface area contributed by atoms with Crippen molar-refractivity contribution in [2.75, 3.05) is 4.90 Å². The number of pyridine rings is 2. The summed E-state index contributed by atoms with van der Waals surface area (Å²) in [6.07, 6.45) is 3.84. The van der Waals surface area contributed by atoms with Crippen LogP contribution in [0.25, 0.3) is 0 Å². The second-order valence-corrected chi connectivity index (χ2v) is 6.98. The number of benzene rings is 1. The number of para-hydroxylation sites is 1. The van der Waals surface area contributed by atoms with E-state index in [1.54, 1.807) is 11.8 Å². The van der Waals surface area contributed by atoms with Gasteiger partial charge >= 0.3 is 0 Å². The Balaban J connectivity index is 2.00. The molecule has 23 heavy (non-hydrogen) atoms. The molecule has 0 radical (unpaired) electrons. The van der Waals surface area contributed by atoms with Crippen LogP contribution in [0.15, 0.2) is 58.6 Å². The Morgan fingerprint density at radius 2 is 1.39 bits per heavy atom. The van der Waals surface area contributed by atoms with Gasteiger partial charge in [-0.25, -0.2) is 9.97 Å². The SMILES string of the molecule is Cc1cnc2c(c1)Sc1cc(C)cnc1N2c1ccccc1C. The topological polar surface area (TPSA) is 29.0 Å². The smallest absolute Gasteiger partial charge is 0.152 e. The first-order valence-corrected chi connectivity index (χ1v) is 8.42. The van der Waals surface area contributed by atoms with Crippen molar-refractivity contribution in [2.24, 2.45) is 0 Å². The molecular weight excluding hydrogens is 302 g/mol. The summed E-state index contributed by atoms with van der Waals surface area (Å²) >= 11 is 1.75. The molecule has 3 nitrogen and oxygen atoms in total. The van der Waals surface area contributed by atoms with E-state index in [1.165, 1.54) is 26.5 Å². The summed E-state index contributed by atoms with van der Waals surface area (Å²) in [7, 11) is 0. The fourth-order valence-corrected chi connectivity index (χ4v) is 4.01. The van der Waals surface area contributed by atoms with Gasteiger partial charge in [-0.05, 0) is 55.7 Å². The number of hydrogen-bond donors (Lipinski definition) is 0. The van der Waals surface area contributed by atoms with Crippen LogP contribution in [0.4, 0.5) is 17.3 Å². The molecule has 4 rings (SSSR count). The first-order valence-electron chi connectivity index (χ1n) is 7.60. The quantitative estimate of drug-likeness (QED) is 0.474. The van der Waals surface area contributed by atoms with Crippen LogP contribution in [-0.2, 0) is 0 Å². The number of hydrogen-bond acceptors (Lipinski definition) is 4. The Hall–Kier alpha value is -2.33. The van der Waals surface area contributed by atoms with Crippen molar-refractivity contribution in [2.45, 2.75) is 30.6 Å². The molecule has 1 aromatic carbocycles. The van der Waals surface area contributed by atoms with Crippen LogP contribution < -0.4 is 4.90 Å². The molecule has 0 spiro atoms. The Morgan fingerprint density at radius 3 is 1.96 bits per heavy atom. The van der Waals surface area contributed by atoms with E-state index in [0.29, 0.717) is 0 Å². The largest absolute Gasteiger partial charge is 0.277 e. The average molecular weight is 319 g/mol. The second-order valence-electron chi connectivity index (χ2n) is 5.89. The lowest BCUT2D eigenvalue weighted by Gasteiger charge is -2.31. The normalized spacial score (nSPS) is 12.7. The number of aryl methyl sites for hydroxylation is 3. The van der Waals surface area contributed by atoms with Gasteiger partial charge in [0.25, 0.3) is 0 Å². The minimum atomic E-state index is 0.957. The number of aromatic nitrogens is 2. The molecular formula is C19H17N3S. The lowest BCUT2D eigenvalue weighted by atomic mass is 10.1. The third-order valence-electron chi connectivity index (χ3n) is 3.94. The van der Waals surface area contributed by atoms with Crippen LogP contribution in [0.2, 0.25) is 0 Å². The van der Waals surface area contributed by atoms with Crippen LogP contribution in [-0.4, -0.2) is 9.97 Å². The van der Waals surface area contributed by atoms with Crippen LogP contribution in [0.1, 0.15) is 16.7 Å². The molecule has 114 valence electrons. The van der Waals surface area contributed by atoms with Gasteiger partial charge in [-0.3, -0.25) is 4.90 Å². The number of fused-ring (bicyclic) bond motifs is 2. The van der Waals surface area contributed by atoms with Gasteiger partial charge in [0.05, 0.1) is 15.5 Å². The van der Waals surface area contributed by atoms with Gasteiger partial charge in [-0.15, -0.1) is 0 Å². The molecule has 0 atom stereocenters. The maximum absolute atomic E-state index is 4.70. The first-order chi connectivity index (χ1) is 11.1. The van der Waals surface area contributed by atoms with Gasteiger partial charge in [-0.2, -0.15) is 0 Å². The third-order valence-corrected chi connectivity index (χ3v) is 4.98. The van der Waals surface area contributed by atoms with E-state index in [-0.39, 0.29) is 0 Å². The molecule has 3 aromatic rings. The number of nitrogens with zero attached hydrogens (tertiary/aromatic N) is 3. The maximum atomic E-state index is 4.70. The number of anilines is 3. The zero-order valence-corrected chi connectivity index (χ0v) is 14.2. The van der Waals surface area contributed by atoms with E-state index in [2.05, 4.69) is 62.1 Å². The molecule has 0 unspecified atom stereocenters. The van der Waals surface area contributed by atoms with E-state index < -0.39 is 0 Å². The van der Waals surface area contributed by atoms with E-state index in [4.69, 9.17) is 9.97 Å². The average Bonchev–Trinajstić information content (AvgIpc) is 2.53. The van der Waals surface area contributed by atoms with E-state index in [1.807, 2.05) is 12.4 Å². The maximum Gasteiger partial charge on any atom is 0.152 e. The summed E-state index contributed by atoms with van der Waals surface area (Å²) in [4.78, 5) is 13.9. The van der Waals surface area contributed by atoms with Gasteiger partial charge < -0.3 is 0 Å². The second kappa shape index (κ2) is 5.39. The highest BCUT2D eigenvalue weighted by atomic mass is 32.2. The molecule has 1 aliphatic heterocycles. The van der Waals surface area contributed by atoms with Crippen molar-refractivity contribution in [3.05, 3.63) is 65.5 Å². The first kappa shape index (κ1) is 14.3. The molecule has 4 heteroatoms. The van der Waals surface area contributed by atoms with Gasteiger partial charge in [0.15, 0.2) is 11.6 Å². The lowest BCUT2D eigenvalue weighted by molar-refractivity contribution is 1.02. The molecule has 0 saturated carbocycles. The van der Waals surface area contributed by atoms with Gasteiger partial charge in [-0.1, -0.05) is 30.0 Å². The molecule has 2 aromatic heterocycles. The lowest BCUT2D eigenvalue weighted by Crippen LogP contribution is -2.18. The molecule has 0 bridgehead atoms. The van der Waals surface area contributed by atoms with Crippen molar-refractivity contribution in [1.82, 2.24) is 9.97 Å². The van der Waals surface area contributed by atoms with E-state index in [0.717, 1.165) is 17.3 Å². The number of rotatable bonds is 1. The van der Waals surface area contributed by atoms with Crippen molar-refractivity contribution < 1.29 is 0 Å². The fraction of sp³-hybridized carbons (Fsp3) is 0.158. The molecule has 0 fully saturated rings. The van der Waals surface area contributed by atoms with E-state index >= 15 is 0 Å². The highest BCUT2D eigenvalue weighted by molar-refractivity contribution is 7.99. The van der Waals surface area contributed by atoms with Crippen LogP contribution in [0.5, 0.6) is 0 Å². The summed E-state index contributed by atoms with van der Waals surface area (Å²) in [5.41, 5.74) is 4.68. The fourth-order valence-electron chi connectivity index (χ4n) is 2.82. The predicted octanol–water partition coefficient (Wildman–Crippen LogP) is 5.34. The summed E-state index contributed by atoms with van der Waals surface area (Å²) < 4.78 is 0. The highest BCUT2D eigenvalue weighted by Crippen LogP contribution is 2.50. The molecule has 0 saturated heterocycles. The Kier molecular flexibility index (Phi) is 3.34. The Bertz CT molecular complexity index is 853. The van der Waals surface area contributed by atoms with Gasteiger partial charge in [0, 0.05) is 12.4 Å². The Labute approximate surface area is 140 Å². The summed E-state index contributed by atoms with van der Waals surface area (Å²) in [6.45, 7) is 6.28. The molecule has 1 aliphatic rings. The van der Waals surface area contributed by atoms with Crippen molar-refractivity contribution in [3.8, 4) is 0 Å². The predicted molar refractivity (Wildman–Crippen MR) is 95.0 cm³/mol. The minimum Gasteiger partial charge on any atom is -0.277 e. The molecule has 0 N–H and O–H groups in total. The molecule has 0 amide bonds. The molecule has 0 aliphatic carbocycles. The standard InChI is InChI=1S/C19H17N3S/c1-12-8-16-18(20-10-12)22(15-7-5-4-6-14(15)3)19-17(23-16)9-13(2)11-21-19/h4-11H,1-3H3. The minimum absolute atomic E-state index is 0.957. The Morgan fingerprint density at radius 1 is 0.826 bits per heavy atom. The monoisotopic (exact) mass is 319 g/mol. The van der Waals surface area contributed by atoms with Crippen LogP contribution in [0.3, 0.4) is 0 Å². The summed E-state index contributed by atoms with van der Waals surface area (Å²) in [5, 5.41) is 0.